The molecule has 0 fully saturated rings. The zero-order chi connectivity index (χ0) is 15.7. The number of hydrogen-bond acceptors (Lipinski definition) is 4. The van der Waals surface area contributed by atoms with Gasteiger partial charge in [-0.2, -0.15) is 26.9 Å². The van der Waals surface area contributed by atoms with Crippen LogP contribution in [0.3, 0.4) is 0 Å². The molecule has 0 aliphatic carbocycles. The first-order valence-electron chi connectivity index (χ1n) is 5.36. The van der Waals surface area contributed by atoms with Crippen LogP contribution < -0.4 is 4.72 Å². The molecule has 0 aliphatic rings. The Hall–Kier alpha value is -2.54. The van der Waals surface area contributed by atoms with Crippen LogP contribution in [-0.4, -0.2) is 18.4 Å². The van der Waals surface area contributed by atoms with E-state index in [0.29, 0.717) is 6.07 Å². The van der Waals surface area contributed by atoms with Crippen molar-refractivity contribution < 1.29 is 21.6 Å². The molecule has 0 aliphatic heterocycles. The van der Waals surface area contributed by atoms with E-state index < -0.39 is 27.3 Å². The summed E-state index contributed by atoms with van der Waals surface area (Å²) in [5, 5.41) is 8.36. The second-order valence-corrected chi connectivity index (χ2v) is 5.54. The Labute approximate surface area is 117 Å². The van der Waals surface area contributed by atoms with E-state index in [9.17, 15) is 21.6 Å². The Kier molecular flexibility index (Phi) is 3.61. The maximum Gasteiger partial charge on any atom is 0.417 e. The number of alkyl halides is 3. The first-order chi connectivity index (χ1) is 9.74. The van der Waals surface area contributed by atoms with Gasteiger partial charge >= 0.3 is 6.18 Å². The van der Waals surface area contributed by atoms with E-state index >= 15 is 0 Å². The highest BCUT2D eigenvalue weighted by Gasteiger charge is 2.34. The van der Waals surface area contributed by atoms with Gasteiger partial charge in [0.05, 0.1) is 29.7 Å². The van der Waals surface area contributed by atoms with Gasteiger partial charge in [-0.1, -0.05) is 0 Å². The standard InChI is InChI=1S/C11H7F3N4O2S/c12-11(13,14)9-3-8(2-1-7(9)4-15)18-21(19,20)10-5-16-6-17-10/h1-3,5-6,18H,(H,16,17). The highest BCUT2D eigenvalue weighted by molar-refractivity contribution is 7.92. The van der Waals surface area contributed by atoms with Gasteiger partial charge in [-0.25, -0.2) is 4.98 Å². The van der Waals surface area contributed by atoms with Gasteiger partial charge in [0.2, 0.25) is 0 Å². The van der Waals surface area contributed by atoms with Crippen LogP contribution >= 0.6 is 0 Å². The summed E-state index contributed by atoms with van der Waals surface area (Å²) in [6, 6.07) is 3.94. The van der Waals surface area contributed by atoms with Gasteiger partial charge in [-0.3, -0.25) is 4.72 Å². The van der Waals surface area contributed by atoms with Crippen molar-refractivity contribution >= 4 is 15.7 Å². The molecule has 0 saturated heterocycles. The van der Waals surface area contributed by atoms with Crippen molar-refractivity contribution in [2.75, 3.05) is 4.72 Å². The summed E-state index contributed by atoms with van der Waals surface area (Å²) in [6.07, 6.45) is -2.63. The fourth-order valence-electron chi connectivity index (χ4n) is 1.54. The molecule has 0 unspecified atom stereocenters. The summed E-state index contributed by atoms with van der Waals surface area (Å²) in [7, 11) is -4.07. The molecular weight excluding hydrogens is 309 g/mol. The van der Waals surface area contributed by atoms with Crippen LogP contribution in [0.25, 0.3) is 0 Å². The van der Waals surface area contributed by atoms with E-state index in [4.69, 9.17) is 5.26 Å². The van der Waals surface area contributed by atoms with E-state index in [0.717, 1.165) is 24.7 Å². The van der Waals surface area contributed by atoms with Crippen LogP contribution in [0.1, 0.15) is 11.1 Å². The minimum Gasteiger partial charge on any atom is -0.334 e. The zero-order valence-electron chi connectivity index (χ0n) is 10.1. The number of sulfonamides is 1. The molecule has 0 atom stereocenters. The molecule has 1 aromatic heterocycles. The molecule has 0 spiro atoms. The minimum absolute atomic E-state index is 0.291. The number of benzene rings is 1. The van der Waals surface area contributed by atoms with Gasteiger partial charge in [0.25, 0.3) is 10.0 Å². The number of anilines is 1. The number of halogens is 3. The second kappa shape index (κ2) is 5.10. The first-order valence-corrected chi connectivity index (χ1v) is 6.85. The summed E-state index contributed by atoms with van der Waals surface area (Å²) in [5.74, 6) is 0. The Morgan fingerprint density at radius 3 is 2.57 bits per heavy atom. The highest BCUT2D eigenvalue weighted by atomic mass is 32.2. The van der Waals surface area contributed by atoms with Gasteiger partial charge in [-0.05, 0) is 18.2 Å². The molecular formula is C11H7F3N4O2S. The third-order valence-corrected chi connectivity index (χ3v) is 3.77. The molecule has 0 radical (unpaired) electrons. The minimum atomic E-state index is -4.76. The van der Waals surface area contributed by atoms with E-state index in [1.54, 1.807) is 0 Å². The SMILES string of the molecule is N#Cc1ccc(NS(=O)(=O)c2cnc[nH]2)cc1C(F)(F)F. The molecule has 1 aromatic carbocycles. The predicted octanol–water partition coefficient (Wildman–Crippen LogP) is 2.10. The molecule has 0 bridgehead atoms. The molecule has 2 N–H and O–H groups in total. The lowest BCUT2D eigenvalue weighted by Crippen LogP contribution is -2.15. The molecule has 2 rings (SSSR count). The number of nitrogens with zero attached hydrogens (tertiary/aromatic N) is 2. The molecule has 0 saturated carbocycles. The van der Waals surface area contributed by atoms with Crippen LogP contribution in [0.2, 0.25) is 0 Å². The number of aromatic nitrogens is 2. The van der Waals surface area contributed by atoms with Gasteiger partial charge in [-0.15, -0.1) is 0 Å². The van der Waals surface area contributed by atoms with Crippen molar-refractivity contribution in [3.05, 3.63) is 41.9 Å². The fourth-order valence-corrected chi connectivity index (χ4v) is 2.49. The van der Waals surface area contributed by atoms with Crippen LogP contribution in [-0.2, 0) is 16.2 Å². The maximum absolute atomic E-state index is 12.8. The third kappa shape index (κ3) is 3.14. The van der Waals surface area contributed by atoms with Crippen molar-refractivity contribution in [2.45, 2.75) is 11.2 Å². The molecule has 2 aromatic rings. The number of H-pyrrole nitrogens is 1. The summed E-state index contributed by atoms with van der Waals surface area (Å²) in [5.41, 5.74) is -2.11. The Bertz CT molecular complexity index is 792. The maximum atomic E-state index is 12.8. The van der Waals surface area contributed by atoms with Gasteiger partial charge in [0.1, 0.15) is 0 Å². The van der Waals surface area contributed by atoms with Crippen molar-refractivity contribution in [1.29, 1.82) is 5.26 Å². The van der Waals surface area contributed by atoms with E-state index in [2.05, 4.69) is 9.97 Å². The van der Waals surface area contributed by atoms with E-state index in [1.807, 2.05) is 4.72 Å². The van der Waals surface area contributed by atoms with E-state index in [1.165, 1.54) is 6.07 Å². The van der Waals surface area contributed by atoms with Crippen molar-refractivity contribution in [3.63, 3.8) is 0 Å². The normalized spacial score (nSPS) is 11.9. The molecule has 1 heterocycles. The third-order valence-electron chi connectivity index (χ3n) is 2.46. The Morgan fingerprint density at radius 2 is 2.05 bits per heavy atom. The van der Waals surface area contributed by atoms with Crippen LogP contribution in [0, 0.1) is 11.3 Å². The average molecular weight is 316 g/mol. The predicted molar refractivity (Wildman–Crippen MR) is 65.6 cm³/mol. The molecule has 10 heteroatoms. The lowest BCUT2D eigenvalue weighted by Gasteiger charge is -2.12. The lowest BCUT2D eigenvalue weighted by molar-refractivity contribution is -0.137. The molecule has 21 heavy (non-hydrogen) atoms. The second-order valence-electron chi connectivity index (χ2n) is 3.89. The summed E-state index contributed by atoms with van der Waals surface area (Å²) >= 11 is 0. The lowest BCUT2D eigenvalue weighted by atomic mass is 10.1. The van der Waals surface area contributed by atoms with Crippen LogP contribution in [0.5, 0.6) is 0 Å². The fraction of sp³-hybridized carbons (Fsp3) is 0.0909. The largest absolute Gasteiger partial charge is 0.417 e. The van der Waals surface area contributed by atoms with Crippen molar-refractivity contribution in [1.82, 2.24) is 9.97 Å². The first kappa shape index (κ1) is 14.9. The number of hydrogen-bond donors (Lipinski definition) is 2. The molecule has 110 valence electrons. The number of nitrogens with one attached hydrogen (secondary N) is 2. The zero-order valence-corrected chi connectivity index (χ0v) is 11.0. The highest BCUT2D eigenvalue weighted by Crippen LogP contribution is 2.33. The van der Waals surface area contributed by atoms with E-state index in [-0.39, 0.29) is 10.7 Å². The number of aromatic amines is 1. The Morgan fingerprint density at radius 1 is 1.33 bits per heavy atom. The monoisotopic (exact) mass is 316 g/mol. The Balaban J connectivity index is 2.41. The number of rotatable bonds is 3. The smallest absolute Gasteiger partial charge is 0.334 e. The number of imidazole rings is 1. The van der Waals surface area contributed by atoms with Crippen molar-refractivity contribution in [2.24, 2.45) is 0 Å². The van der Waals surface area contributed by atoms with Gasteiger partial charge < -0.3 is 4.98 Å². The average Bonchev–Trinajstić information content (AvgIpc) is 2.92. The van der Waals surface area contributed by atoms with Crippen LogP contribution in [0.4, 0.5) is 18.9 Å². The summed E-state index contributed by atoms with van der Waals surface area (Å²) < 4.78 is 64.0. The number of nitriles is 1. The topological polar surface area (TPSA) is 98.6 Å². The molecule has 0 amide bonds. The van der Waals surface area contributed by atoms with Gasteiger partial charge in [0.15, 0.2) is 5.03 Å². The molecule has 6 nitrogen and oxygen atoms in total. The summed E-state index contributed by atoms with van der Waals surface area (Å²) in [6.45, 7) is 0. The van der Waals surface area contributed by atoms with Crippen LogP contribution in [0.15, 0.2) is 35.7 Å². The summed E-state index contributed by atoms with van der Waals surface area (Å²) in [4.78, 5) is 5.85. The van der Waals surface area contributed by atoms with Gasteiger partial charge in [0, 0.05) is 5.69 Å². The van der Waals surface area contributed by atoms with Crippen molar-refractivity contribution in [3.8, 4) is 6.07 Å². The quantitative estimate of drug-likeness (QED) is 0.906.